The first-order chi connectivity index (χ1) is 4.88. The summed E-state index contributed by atoms with van der Waals surface area (Å²) in [6.07, 6.45) is 4.73. The molecular weight excluding hydrogens is 130 g/mol. The molecule has 0 bridgehead atoms. The van der Waals surface area contributed by atoms with E-state index < -0.39 is 0 Å². The zero-order valence-corrected chi connectivity index (χ0v) is 5.11. The number of fused-ring (bicyclic) bond motifs is 1. The third kappa shape index (κ3) is 0.586. The monoisotopic (exact) mass is 135 g/mol. The van der Waals surface area contributed by atoms with Crippen molar-refractivity contribution in [2.75, 3.05) is 0 Å². The summed E-state index contributed by atoms with van der Waals surface area (Å²) in [7, 11) is 0. The van der Waals surface area contributed by atoms with Crippen LogP contribution in [0.15, 0.2) is 34.3 Å². The molecule has 0 aromatic heterocycles. The molecule has 2 heterocycles. The smallest absolute Gasteiger partial charge is 0.202 e. The van der Waals surface area contributed by atoms with Gasteiger partial charge in [0.05, 0.1) is 6.26 Å². The summed E-state index contributed by atoms with van der Waals surface area (Å²) in [6, 6.07) is 0. The van der Waals surface area contributed by atoms with Crippen LogP contribution in [0.1, 0.15) is 0 Å². The molecule has 2 rings (SSSR count). The van der Waals surface area contributed by atoms with E-state index in [0.717, 1.165) is 0 Å². The molecule has 0 saturated carbocycles. The summed E-state index contributed by atoms with van der Waals surface area (Å²) in [6.45, 7) is 0. The number of azo groups is 1. The summed E-state index contributed by atoms with van der Waals surface area (Å²) in [5, 5.41) is 14.5. The van der Waals surface area contributed by atoms with Gasteiger partial charge in [0.15, 0.2) is 5.84 Å². The summed E-state index contributed by atoms with van der Waals surface area (Å²) >= 11 is 0. The van der Waals surface area contributed by atoms with Crippen molar-refractivity contribution >= 4 is 5.84 Å². The highest BCUT2D eigenvalue weighted by atomic mass is 16.5. The Labute approximate surface area is 57.4 Å². The molecule has 0 amide bonds. The van der Waals surface area contributed by atoms with Gasteiger partial charge in [-0.1, -0.05) is 0 Å². The summed E-state index contributed by atoms with van der Waals surface area (Å²) in [5.74, 6) is 0.176. The van der Waals surface area contributed by atoms with Crippen LogP contribution in [0.2, 0.25) is 0 Å². The second-order valence-electron chi connectivity index (χ2n) is 2.02. The van der Waals surface area contributed by atoms with Crippen molar-refractivity contribution in [3.63, 3.8) is 0 Å². The predicted molar refractivity (Wildman–Crippen MR) is 34.7 cm³/mol. The minimum absolute atomic E-state index is 0.176. The third-order valence-corrected chi connectivity index (χ3v) is 1.35. The topological polar surface area (TPSA) is 57.8 Å². The quantitative estimate of drug-likeness (QED) is 0.533. The van der Waals surface area contributed by atoms with Gasteiger partial charge in [0.2, 0.25) is 6.10 Å². The third-order valence-electron chi connectivity index (χ3n) is 1.35. The second kappa shape index (κ2) is 1.76. The lowest BCUT2D eigenvalue weighted by atomic mass is 10.2. The van der Waals surface area contributed by atoms with Gasteiger partial charge in [0.25, 0.3) is 0 Å². The Kier molecular flexibility index (Phi) is 0.943. The molecule has 10 heavy (non-hydrogen) atoms. The first-order valence-corrected chi connectivity index (χ1v) is 2.90. The summed E-state index contributed by atoms with van der Waals surface area (Å²) in [4.78, 5) is 0. The molecule has 0 radical (unpaired) electrons. The molecule has 2 aliphatic heterocycles. The molecule has 4 heteroatoms. The highest BCUT2D eigenvalue weighted by Gasteiger charge is 2.26. The van der Waals surface area contributed by atoms with E-state index in [1.807, 2.05) is 0 Å². The van der Waals surface area contributed by atoms with E-state index in [-0.39, 0.29) is 11.9 Å². The fourth-order valence-corrected chi connectivity index (χ4v) is 0.873. The maximum Gasteiger partial charge on any atom is 0.202 e. The Morgan fingerprint density at radius 1 is 1.50 bits per heavy atom. The van der Waals surface area contributed by atoms with Gasteiger partial charge in [0.1, 0.15) is 5.70 Å². The molecule has 1 N–H and O–H groups in total. The highest BCUT2D eigenvalue weighted by molar-refractivity contribution is 5.89. The van der Waals surface area contributed by atoms with Crippen molar-refractivity contribution in [2.45, 2.75) is 6.10 Å². The molecule has 0 aromatic carbocycles. The maximum atomic E-state index is 7.21. The van der Waals surface area contributed by atoms with Crippen LogP contribution in [0.5, 0.6) is 0 Å². The van der Waals surface area contributed by atoms with E-state index in [1.165, 1.54) is 0 Å². The van der Waals surface area contributed by atoms with Gasteiger partial charge in [-0.3, -0.25) is 5.41 Å². The zero-order chi connectivity index (χ0) is 6.97. The Hall–Kier alpha value is -1.45. The van der Waals surface area contributed by atoms with Crippen LogP contribution < -0.4 is 0 Å². The molecule has 4 nitrogen and oxygen atoms in total. The zero-order valence-electron chi connectivity index (χ0n) is 5.11. The lowest BCUT2D eigenvalue weighted by Crippen LogP contribution is -2.18. The van der Waals surface area contributed by atoms with Gasteiger partial charge in [-0.25, -0.2) is 0 Å². The van der Waals surface area contributed by atoms with Crippen molar-refractivity contribution in [1.29, 1.82) is 5.41 Å². The Balaban J connectivity index is 2.39. The van der Waals surface area contributed by atoms with Crippen molar-refractivity contribution in [3.05, 3.63) is 24.1 Å². The number of ether oxygens (including phenoxy) is 1. The van der Waals surface area contributed by atoms with E-state index in [4.69, 9.17) is 10.1 Å². The minimum Gasteiger partial charge on any atom is -0.484 e. The average Bonchev–Trinajstić information content (AvgIpc) is 2.34. The minimum atomic E-state index is -0.343. The van der Waals surface area contributed by atoms with Gasteiger partial charge in [-0.05, 0) is 12.2 Å². The van der Waals surface area contributed by atoms with Crippen LogP contribution in [0.4, 0.5) is 0 Å². The van der Waals surface area contributed by atoms with Crippen LogP contribution in [-0.4, -0.2) is 11.9 Å². The largest absolute Gasteiger partial charge is 0.484 e. The maximum absolute atomic E-state index is 7.21. The van der Waals surface area contributed by atoms with Gasteiger partial charge < -0.3 is 4.74 Å². The molecular formula is C6H5N3O. The molecule has 0 saturated heterocycles. The Bertz CT molecular complexity index is 264. The summed E-state index contributed by atoms with van der Waals surface area (Å²) < 4.78 is 5.05. The summed E-state index contributed by atoms with van der Waals surface area (Å²) in [5.41, 5.74) is 0.715. The van der Waals surface area contributed by atoms with E-state index in [1.54, 1.807) is 18.4 Å². The predicted octanol–water partition coefficient (Wildman–Crippen LogP) is 1.23. The fraction of sp³-hybridized carbons (Fsp3) is 0.167. The molecule has 0 aromatic rings. The molecule has 1 unspecified atom stereocenters. The average molecular weight is 135 g/mol. The van der Waals surface area contributed by atoms with E-state index in [2.05, 4.69) is 10.2 Å². The number of nitrogens with zero attached hydrogens (tertiary/aromatic N) is 2. The first-order valence-electron chi connectivity index (χ1n) is 2.90. The Morgan fingerprint density at radius 3 is 3.20 bits per heavy atom. The second-order valence-corrected chi connectivity index (χ2v) is 2.02. The molecule has 2 aliphatic rings. The van der Waals surface area contributed by atoms with Crippen LogP contribution in [0.25, 0.3) is 0 Å². The van der Waals surface area contributed by atoms with Gasteiger partial charge in [0, 0.05) is 0 Å². The van der Waals surface area contributed by atoms with E-state index in [0.29, 0.717) is 5.70 Å². The van der Waals surface area contributed by atoms with Crippen molar-refractivity contribution in [3.8, 4) is 0 Å². The lowest BCUT2D eigenvalue weighted by molar-refractivity contribution is 0.230. The van der Waals surface area contributed by atoms with Crippen LogP contribution in [0, 0.1) is 5.41 Å². The number of allylic oxidation sites excluding steroid dienone is 2. The number of hydrogen-bond acceptors (Lipinski definition) is 3. The van der Waals surface area contributed by atoms with Crippen molar-refractivity contribution in [1.82, 2.24) is 0 Å². The molecule has 0 fully saturated rings. The van der Waals surface area contributed by atoms with Crippen LogP contribution in [-0.2, 0) is 4.74 Å². The van der Waals surface area contributed by atoms with E-state index in [9.17, 15) is 0 Å². The van der Waals surface area contributed by atoms with Crippen molar-refractivity contribution in [2.24, 2.45) is 10.2 Å². The molecule has 0 aliphatic carbocycles. The van der Waals surface area contributed by atoms with Crippen LogP contribution in [0.3, 0.4) is 0 Å². The van der Waals surface area contributed by atoms with Gasteiger partial charge in [-0.2, -0.15) is 0 Å². The van der Waals surface area contributed by atoms with Crippen molar-refractivity contribution < 1.29 is 4.74 Å². The highest BCUT2D eigenvalue weighted by Crippen LogP contribution is 2.21. The van der Waals surface area contributed by atoms with Gasteiger partial charge >= 0.3 is 0 Å². The standard InChI is InChI=1S/C6H5N3O/c7-6-5-4(8-9-6)2-1-3-10-5/h1-3,5,7H. The number of amidine groups is 1. The fourth-order valence-electron chi connectivity index (χ4n) is 0.873. The SMILES string of the molecule is N=C1N=NC2=CC=COC12. The normalized spacial score (nSPS) is 27.8. The molecule has 1 atom stereocenters. The molecule has 0 spiro atoms. The number of hydrogen-bond donors (Lipinski definition) is 1. The lowest BCUT2D eigenvalue weighted by Gasteiger charge is -2.10. The van der Waals surface area contributed by atoms with Crippen LogP contribution >= 0.6 is 0 Å². The Morgan fingerprint density at radius 2 is 2.40 bits per heavy atom. The number of nitrogens with one attached hydrogen (secondary N) is 1. The first kappa shape index (κ1) is 5.34. The number of rotatable bonds is 0. The van der Waals surface area contributed by atoms with E-state index >= 15 is 0 Å². The van der Waals surface area contributed by atoms with Gasteiger partial charge in [-0.15, -0.1) is 10.2 Å². The molecule has 50 valence electrons.